The first kappa shape index (κ1) is 22.9. The van der Waals surface area contributed by atoms with Gasteiger partial charge in [0.05, 0.1) is 21.3 Å². The first-order valence-electron chi connectivity index (χ1n) is 8.83. The molecule has 0 saturated carbocycles. The smallest absolute Gasteiger partial charge is 0.398 e. The zero-order valence-corrected chi connectivity index (χ0v) is 17.8. The van der Waals surface area contributed by atoms with Gasteiger partial charge in [0.2, 0.25) is 0 Å². The fourth-order valence-corrected chi connectivity index (χ4v) is 3.42. The Kier molecular flexibility index (Phi) is 6.47. The van der Waals surface area contributed by atoms with Gasteiger partial charge in [-0.2, -0.15) is 13.2 Å². The van der Waals surface area contributed by atoms with Crippen LogP contribution in [-0.4, -0.2) is 25.1 Å². The minimum Gasteiger partial charge on any atom is -0.398 e. The van der Waals surface area contributed by atoms with Gasteiger partial charge >= 0.3 is 6.18 Å². The molecule has 1 N–H and O–H groups in total. The fourth-order valence-electron chi connectivity index (χ4n) is 2.99. The van der Waals surface area contributed by atoms with Crippen molar-refractivity contribution in [1.29, 1.82) is 0 Å². The summed E-state index contributed by atoms with van der Waals surface area (Å²) in [6.07, 6.45) is -3.36. The van der Waals surface area contributed by atoms with Gasteiger partial charge in [-0.3, -0.25) is 4.79 Å². The average Bonchev–Trinajstić information content (AvgIpc) is 3.12. The van der Waals surface area contributed by atoms with Gasteiger partial charge in [0.1, 0.15) is 13.4 Å². The predicted molar refractivity (Wildman–Crippen MR) is 110 cm³/mol. The molecule has 0 radical (unpaired) electrons. The number of carbonyl (C=O) groups is 1. The number of nitrogens with zero attached hydrogens (tertiary/aromatic N) is 2. The molecular weight excluding hydrogens is 458 g/mol. The van der Waals surface area contributed by atoms with E-state index in [1.54, 1.807) is 31.2 Å². The van der Waals surface area contributed by atoms with Gasteiger partial charge in [0.25, 0.3) is 5.91 Å². The van der Waals surface area contributed by atoms with Gasteiger partial charge in [-0.15, -0.1) is 0 Å². The van der Waals surface area contributed by atoms with Gasteiger partial charge in [0, 0.05) is 17.5 Å². The number of hydrogen-bond donors (Lipinski definition) is 1. The predicted octanol–water partition coefficient (Wildman–Crippen LogP) is 5.37. The van der Waals surface area contributed by atoms with E-state index in [1.807, 2.05) is 0 Å². The third-order valence-electron chi connectivity index (χ3n) is 4.64. The topological polar surface area (TPSA) is 72.3 Å². The highest BCUT2D eigenvalue weighted by Gasteiger charge is 2.41. The van der Waals surface area contributed by atoms with Crippen molar-refractivity contribution < 1.29 is 27.6 Å². The molecule has 1 aliphatic rings. The SMILES string of the molecule is CO/N=C/NC(=O)c1ccc(C2=NOC(C)(c3cc(Cl)c(Cl)c(C(F)(F)F)c3)C2)cc1. The number of carbonyl (C=O) groups excluding carboxylic acids is 1. The molecule has 2 aromatic carbocycles. The highest BCUT2D eigenvalue weighted by Crippen LogP contribution is 2.44. The molecule has 1 atom stereocenters. The highest BCUT2D eigenvalue weighted by atomic mass is 35.5. The fraction of sp³-hybridized carbons (Fsp3) is 0.250. The van der Waals surface area contributed by atoms with Gasteiger partial charge in [0.15, 0.2) is 5.60 Å². The van der Waals surface area contributed by atoms with Crippen LogP contribution >= 0.6 is 23.2 Å². The lowest BCUT2D eigenvalue weighted by Gasteiger charge is -2.24. The van der Waals surface area contributed by atoms with Crippen molar-refractivity contribution >= 4 is 41.2 Å². The normalized spacial score (nSPS) is 18.6. The van der Waals surface area contributed by atoms with Gasteiger partial charge in [-0.25, -0.2) is 0 Å². The third kappa shape index (κ3) is 4.94. The van der Waals surface area contributed by atoms with Crippen LogP contribution in [0.4, 0.5) is 13.2 Å². The second-order valence-corrected chi connectivity index (χ2v) is 7.61. The Morgan fingerprint density at radius 1 is 1.29 bits per heavy atom. The lowest BCUT2D eigenvalue weighted by atomic mass is 9.88. The van der Waals surface area contributed by atoms with Crippen LogP contribution < -0.4 is 5.32 Å². The van der Waals surface area contributed by atoms with Crippen molar-refractivity contribution in [3.63, 3.8) is 0 Å². The Bertz CT molecular complexity index is 1060. The number of alkyl halides is 3. The maximum atomic E-state index is 13.3. The van der Waals surface area contributed by atoms with Crippen molar-refractivity contribution in [3.05, 3.63) is 68.7 Å². The highest BCUT2D eigenvalue weighted by molar-refractivity contribution is 6.42. The molecule has 164 valence electrons. The second-order valence-electron chi connectivity index (χ2n) is 6.82. The number of halogens is 5. The lowest BCUT2D eigenvalue weighted by molar-refractivity contribution is -0.137. The molecule has 1 unspecified atom stereocenters. The van der Waals surface area contributed by atoms with Crippen LogP contribution in [0.3, 0.4) is 0 Å². The van der Waals surface area contributed by atoms with E-state index in [1.165, 1.54) is 13.2 Å². The summed E-state index contributed by atoms with van der Waals surface area (Å²) in [7, 11) is 1.34. The molecule has 0 aromatic heterocycles. The van der Waals surface area contributed by atoms with Gasteiger partial charge < -0.3 is 15.0 Å². The Balaban J connectivity index is 1.80. The summed E-state index contributed by atoms with van der Waals surface area (Å²) < 4.78 is 39.9. The Morgan fingerprint density at radius 2 is 1.97 bits per heavy atom. The second kappa shape index (κ2) is 8.76. The van der Waals surface area contributed by atoms with E-state index in [2.05, 4.69) is 20.5 Å². The van der Waals surface area contributed by atoms with Gasteiger partial charge in [-0.05, 0) is 36.8 Å². The summed E-state index contributed by atoms with van der Waals surface area (Å²) in [6, 6.07) is 8.72. The van der Waals surface area contributed by atoms with Crippen molar-refractivity contribution in [2.24, 2.45) is 10.3 Å². The van der Waals surface area contributed by atoms with Crippen LogP contribution in [0.1, 0.15) is 40.4 Å². The molecule has 1 amide bonds. The summed E-state index contributed by atoms with van der Waals surface area (Å²) in [5, 5.41) is 9.09. The molecule has 1 aliphatic heterocycles. The summed E-state index contributed by atoms with van der Waals surface area (Å²) in [5.74, 6) is -0.391. The summed E-state index contributed by atoms with van der Waals surface area (Å²) in [6.45, 7) is 1.61. The number of nitrogens with one attached hydrogen (secondary N) is 1. The monoisotopic (exact) mass is 473 g/mol. The minimum atomic E-state index is -4.67. The number of hydrogen-bond acceptors (Lipinski definition) is 5. The molecule has 3 rings (SSSR count). The van der Waals surface area contributed by atoms with E-state index in [4.69, 9.17) is 28.0 Å². The van der Waals surface area contributed by atoms with Crippen LogP contribution in [0.2, 0.25) is 10.0 Å². The van der Waals surface area contributed by atoms with E-state index < -0.39 is 28.3 Å². The molecule has 11 heteroatoms. The van der Waals surface area contributed by atoms with E-state index >= 15 is 0 Å². The van der Waals surface area contributed by atoms with Crippen LogP contribution in [0, 0.1) is 0 Å². The van der Waals surface area contributed by atoms with E-state index in [0.717, 1.165) is 12.4 Å². The third-order valence-corrected chi connectivity index (χ3v) is 5.44. The van der Waals surface area contributed by atoms with Crippen LogP contribution in [0.25, 0.3) is 0 Å². The summed E-state index contributed by atoms with van der Waals surface area (Å²) >= 11 is 11.7. The maximum absolute atomic E-state index is 13.3. The molecular formula is C20H16Cl2F3N3O3. The van der Waals surface area contributed by atoms with Crippen molar-refractivity contribution in [2.75, 3.05) is 7.11 Å². The van der Waals surface area contributed by atoms with Crippen LogP contribution in [-0.2, 0) is 21.5 Å². The standard InChI is InChI=1S/C20H16Cl2F3N3O3/c1-19(13-7-14(20(23,24)25)17(22)15(21)8-13)9-16(28-31-19)11-3-5-12(6-4-11)18(29)26-10-27-30-2/h3-8,10H,9H2,1-2H3,(H,26,27,29). The maximum Gasteiger partial charge on any atom is 0.417 e. The number of rotatable bonds is 5. The first-order valence-corrected chi connectivity index (χ1v) is 9.59. The Morgan fingerprint density at radius 3 is 2.58 bits per heavy atom. The molecule has 31 heavy (non-hydrogen) atoms. The largest absolute Gasteiger partial charge is 0.417 e. The molecule has 0 bridgehead atoms. The van der Waals surface area contributed by atoms with Crippen molar-refractivity contribution in [1.82, 2.24) is 5.32 Å². The number of benzene rings is 2. The Hall–Kier alpha value is -2.78. The molecule has 0 saturated heterocycles. The quantitative estimate of drug-likeness (QED) is 0.360. The number of amides is 1. The molecule has 1 heterocycles. The molecule has 6 nitrogen and oxygen atoms in total. The van der Waals surface area contributed by atoms with E-state index in [0.29, 0.717) is 16.8 Å². The van der Waals surface area contributed by atoms with Crippen LogP contribution in [0.15, 0.2) is 46.7 Å². The van der Waals surface area contributed by atoms with E-state index in [9.17, 15) is 18.0 Å². The molecule has 0 fully saturated rings. The van der Waals surface area contributed by atoms with Gasteiger partial charge in [-0.1, -0.05) is 45.6 Å². The minimum absolute atomic E-state index is 0.189. The van der Waals surface area contributed by atoms with Crippen LogP contribution in [0.5, 0.6) is 0 Å². The molecule has 0 spiro atoms. The molecule has 2 aromatic rings. The number of oxime groups is 2. The van der Waals surface area contributed by atoms with E-state index in [-0.39, 0.29) is 17.0 Å². The zero-order valence-electron chi connectivity index (χ0n) is 16.3. The molecule has 0 aliphatic carbocycles. The van der Waals surface area contributed by atoms with Crippen molar-refractivity contribution in [3.8, 4) is 0 Å². The summed E-state index contributed by atoms with van der Waals surface area (Å²) in [4.78, 5) is 21.9. The zero-order chi connectivity index (χ0) is 22.8. The summed E-state index contributed by atoms with van der Waals surface area (Å²) in [5.41, 5.74) is -0.482. The lowest BCUT2D eigenvalue weighted by Crippen LogP contribution is -2.23. The van der Waals surface area contributed by atoms with Crippen molar-refractivity contribution in [2.45, 2.75) is 25.1 Å². The first-order chi connectivity index (χ1) is 14.5. The average molecular weight is 474 g/mol. The Labute approximate surface area is 185 Å².